The molecule has 1 aliphatic heterocycles. The lowest BCUT2D eigenvalue weighted by Gasteiger charge is -2.45. The number of benzene rings is 3. The molecule has 4 aliphatic rings. The third kappa shape index (κ3) is 4.43. The molecule has 3 amide bonds. The van der Waals surface area contributed by atoms with Crippen LogP contribution in [0.15, 0.2) is 66.7 Å². The summed E-state index contributed by atoms with van der Waals surface area (Å²) in [5.74, 6) is -3.71. The number of hydrogen-bond donors (Lipinski definition) is 1. The van der Waals surface area contributed by atoms with Crippen LogP contribution in [0.25, 0.3) is 0 Å². The summed E-state index contributed by atoms with van der Waals surface area (Å²) < 4.78 is 5.43. The molecule has 2 bridgehead atoms. The van der Waals surface area contributed by atoms with E-state index in [1.807, 2.05) is 62.4 Å². The van der Waals surface area contributed by atoms with Crippen LogP contribution >= 0.6 is 11.6 Å². The van der Waals surface area contributed by atoms with E-state index in [2.05, 4.69) is 5.32 Å². The second-order valence-electron chi connectivity index (χ2n) is 11.5. The summed E-state index contributed by atoms with van der Waals surface area (Å²) in [5.41, 5.74) is 5.47. The molecule has 3 aromatic carbocycles. The average Bonchev–Trinajstić information content (AvgIpc) is 3.22. The van der Waals surface area contributed by atoms with E-state index in [0.717, 1.165) is 27.2 Å². The first kappa shape index (κ1) is 27.2. The fourth-order valence-electron chi connectivity index (χ4n) is 6.92. The van der Waals surface area contributed by atoms with Crippen molar-refractivity contribution in [1.29, 1.82) is 0 Å². The molecule has 7 nitrogen and oxygen atoms in total. The molecule has 7 rings (SSSR count). The van der Waals surface area contributed by atoms with Gasteiger partial charge in [0.2, 0.25) is 11.8 Å². The Morgan fingerprint density at radius 2 is 1.37 bits per heavy atom. The van der Waals surface area contributed by atoms with Crippen molar-refractivity contribution in [2.24, 2.45) is 17.8 Å². The minimum Gasteiger partial charge on any atom is -0.454 e. The molecule has 0 unspecified atom stereocenters. The number of rotatable bonds is 7. The number of halogens is 1. The molecule has 41 heavy (non-hydrogen) atoms. The highest BCUT2D eigenvalue weighted by atomic mass is 35.5. The van der Waals surface area contributed by atoms with Gasteiger partial charge in [0.15, 0.2) is 6.61 Å². The summed E-state index contributed by atoms with van der Waals surface area (Å²) in [6, 6.07) is 20.0. The Bertz CT molecular complexity index is 1470. The summed E-state index contributed by atoms with van der Waals surface area (Å²) in [7, 11) is 0. The normalized spacial score (nSPS) is 22.7. The Morgan fingerprint density at radius 1 is 0.854 bits per heavy atom. The van der Waals surface area contributed by atoms with Gasteiger partial charge in [0, 0.05) is 22.5 Å². The van der Waals surface area contributed by atoms with Crippen molar-refractivity contribution in [2.75, 3.05) is 11.9 Å². The van der Waals surface area contributed by atoms with Crippen LogP contribution in [0, 0.1) is 24.7 Å². The predicted molar refractivity (Wildman–Crippen MR) is 154 cm³/mol. The highest BCUT2D eigenvalue weighted by Gasteiger charge is 2.63. The average molecular weight is 571 g/mol. The van der Waals surface area contributed by atoms with E-state index in [0.29, 0.717) is 16.3 Å². The fraction of sp³-hybridized carbons (Fsp3) is 0.333. The molecule has 0 aromatic heterocycles. The zero-order valence-corrected chi connectivity index (χ0v) is 23.9. The second kappa shape index (κ2) is 10.5. The number of ether oxygens (including phenoxy) is 1. The lowest BCUT2D eigenvalue weighted by atomic mass is 9.55. The Kier molecular flexibility index (Phi) is 6.94. The van der Waals surface area contributed by atoms with Gasteiger partial charge in [-0.3, -0.25) is 19.3 Å². The van der Waals surface area contributed by atoms with E-state index in [-0.39, 0.29) is 36.0 Å². The third-order valence-corrected chi connectivity index (χ3v) is 9.06. The second-order valence-corrected chi connectivity index (χ2v) is 11.9. The Labute approximate surface area is 243 Å². The van der Waals surface area contributed by atoms with Gasteiger partial charge in [-0.2, -0.15) is 0 Å². The van der Waals surface area contributed by atoms with Crippen LogP contribution in [0.5, 0.6) is 0 Å². The monoisotopic (exact) mass is 570 g/mol. The molecule has 0 saturated carbocycles. The number of nitrogens with one attached hydrogen (secondary N) is 1. The largest absolute Gasteiger partial charge is 0.454 e. The number of anilines is 1. The summed E-state index contributed by atoms with van der Waals surface area (Å²) in [5, 5.41) is 3.21. The molecule has 3 atom stereocenters. The number of hydrogen-bond acceptors (Lipinski definition) is 5. The lowest BCUT2D eigenvalue weighted by molar-refractivity contribution is -0.160. The Hall–Kier alpha value is -3.97. The van der Waals surface area contributed by atoms with Crippen molar-refractivity contribution in [2.45, 2.75) is 45.1 Å². The van der Waals surface area contributed by atoms with Crippen molar-refractivity contribution >= 4 is 41.0 Å². The summed E-state index contributed by atoms with van der Waals surface area (Å²) in [6.45, 7) is 5.06. The van der Waals surface area contributed by atoms with Gasteiger partial charge >= 0.3 is 5.97 Å². The summed E-state index contributed by atoms with van der Waals surface area (Å²) in [6.07, 6.45) is 0.236. The van der Waals surface area contributed by atoms with E-state index < -0.39 is 36.4 Å². The molecular weight excluding hydrogens is 540 g/mol. The topological polar surface area (TPSA) is 92.8 Å². The van der Waals surface area contributed by atoms with Gasteiger partial charge in [-0.25, -0.2) is 4.79 Å². The summed E-state index contributed by atoms with van der Waals surface area (Å²) >= 11 is 6.14. The number of amides is 3. The lowest BCUT2D eigenvalue weighted by Crippen LogP contribution is -2.47. The van der Waals surface area contributed by atoms with E-state index in [9.17, 15) is 19.2 Å². The smallest absolute Gasteiger partial charge is 0.329 e. The summed E-state index contributed by atoms with van der Waals surface area (Å²) in [4.78, 5) is 55.6. The number of imide groups is 1. The molecule has 1 fully saturated rings. The van der Waals surface area contributed by atoms with Crippen LogP contribution < -0.4 is 5.32 Å². The SMILES string of the molecule is Cc1c(Cl)cccc1NC(=O)COC(=O)[C@H](CC(C)C)N1C(=O)[C@@H]2C3c4ccccc4C(c4ccccc43)[C@@H]2C1=O. The maximum Gasteiger partial charge on any atom is 0.329 e. The molecule has 1 heterocycles. The van der Waals surface area contributed by atoms with Crippen molar-refractivity contribution < 1.29 is 23.9 Å². The first-order valence-electron chi connectivity index (χ1n) is 13.9. The van der Waals surface area contributed by atoms with Crippen LogP contribution in [-0.4, -0.2) is 41.2 Å². The van der Waals surface area contributed by atoms with Gasteiger partial charge in [-0.1, -0.05) is 80.0 Å². The van der Waals surface area contributed by atoms with E-state index >= 15 is 0 Å². The van der Waals surface area contributed by atoms with Crippen molar-refractivity contribution in [3.05, 3.63) is 99.6 Å². The van der Waals surface area contributed by atoms with Crippen LogP contribution in [-0.2, 0) is 23.9 Å². The molecule has 3 aromatic rings. The standard InChI is InChI=1S/C33H31ClN2O5/c1-17(2)15-25(33(40)41-16-26(37)35-24-14-8-13-23(34)18(24)3)36-31(38)29-27-19-9-4-5-10-20(19)28(30(29)32(36)39)22-12-7-6-11-21(22)27/h4-14,17,25,27-30H,15-16H2,1-3H3,(H,35,37)/t25-,27?,28?,29-,30+/m0/s1. The minimum absolute atomic E-state index is 0.00942. The zero-order valence-electron chi connectivity index (χ0n) is 23.1. The van der Waals surface area contributed by atoms with Gasteiger partial charge in [0.05, 0.1) is 11.8 Å². The van der Waals surface area contributed by atoms with Crippen LogP contribution in [0.1, 0.15) is 59.9 Å². The van der Waals surface area contributed by atoms with Gasteiger partial charge < -0.3 is 10.1 Å². The highest BCUT2D eigenvalue weighted by molar-refractivity contribution is 6.31. The van der Waals surface area contributed by atoms with Crippen LogP contribution in [0.4, 0.5) is 5.69 Å². The van der Waals surface area contributed by atoms with Gasteiger partial charge in [-0.05, 0) is 59.2 Å². The van der Waals surface area contributed by atoms with Crippen molar-refractivity contribution in [1.82, 2.24) is 4.90 Å². The van der Waals surface area contributed by atoms with Crippen molar-refractivity contribution in [3.8, 4) is 0 Å². The van der Waals surface area contributed by atoms with E-state index in [4.69, 9.17) is 16.3 Å². The first-order chi connectivity index (χ1) is 19.7. The molecule has 210 valence electrons. The molecular formula is C33H31ClN2O5. The highest BCUT2D eigenvalue weighted by Crippen LogP contribution is 2.61. The van der Waals surface area contributed by atoms with Gasteiger partial charge in [0.25, 0.3) is 5.91 Å². The molecule has 1 N–H and O–H groups in total. The minimum atomic E-state index is -1.12. The predicted octanol–water partition coefficient (Wildman–Crippen LogP) is 5.44. The van der Waals surface area contributed by atoms with E-state index in [1.54, 1.807) is 25.1 Å². The van der Waals surface area contributed by atoms with Gasteiger partial charge in [-0.15, -0.1) is 0 Å². The molecule has 0 radical (unpaired) electrons. The van der Waals surface area contributed by atoms with Crippen LogP contribution in [0.2, 0.25) is 5.02 Å². The number of carbonyl (C=O) groups excluding carboxylic acids is 4. The van der Waals surface area contributed by atoms with Gasteiger partial charge in [0.1, 0.15) is 6.04 Å². The fourth-order valence-corrected chi connectivity index (χ4v) is 7.10. The molecule has 8 heteroatoms. The zero-order chi connectivity index (χ0) is 29.0. The maximum absolute atomic E-state index is 14.1. The number of esters is 1. The van der Waals surface area contributed by atoms with E-state index in [1.165, 1.54) is 0 Å². The Morgan fingerprint density at radius 3 is 1.85 bits per heavy atom. The molecule has 1 saturated heterocycles. The first-order valence-corrected chi connectivity index (χ1v) is 14.3. The number of nitrogens with zero attached hydrogens (tertiary/aromatic N) is 1. The molecule has 0 spiro atoms. The quantitative estimate of drug-likeness (QED) is 0.302. The Balaban J connectivity index is 1.27. The molecule has 3 aliphatic carbocycles. The third-order valence-electron chi connectivity index (χ3n) is 8.65. The number of carbonyl (C=O) groups is 4. The van der Waals surface area contributed by atoms with Crippen molar-refractivity contribution in [3.63, 3.8) is 0 Å². The number of likely N-dealkylation sites (tertiary alicyclic amines) is 1. The maximum atomic E-state index is 14.1. The van der Waals surface area contributed by atoms with Crippen LogP contribution in [0.3, 0.4) is 0 Å².